The van der Waals surface area contributed by atoms with E-state index in [2.05, 4.69) is 52.6 Å². The Hall–Kier alpha value is -7.01. The molecule has 4 aliphatic carbocycles. The Bertz CT molecular complexity index is 3110. The summed E-state index contributed by atoms with van der Waals surface area (Å²) in [4.78, 5) is 56.7. The van der Waals surface area contributed by atoms with Gasteiger partial charge in [0.25, 0.3) is 0 Å². The summed E-state index contributed by atoms with van der Waals surface area (Å²) in [5.41, 5.74) is 4.80. The highest BCUT2D eigenvalue weighted by atomic mass is 16.6. The van der Waals surface area contributed by atoms with E-state index in [1.165, 1.54) is 120 Å². The molecule has 0 aromatic heterocycles. The number of rotatable bonds is 31. The van der Waals surface area contributed by atoms with Crippen molar-refractivity contribution in [3.8, 4) is 28.7 Å². The van der Waals surface area contributed by atoms with Crippen molar-refractivity contribution in [3.05, 3.63) is 155 Å². The van der Waals surface area contributed by atoms with E-state index in [9.17, 15) is 19.2 Å². The predicted molar refractivity (Wildman–Crippen MR) is 349 cm³/mol. The minimum absolute atomic E-state index is 0.00160. The SMILES string of the molecule is CCCCCCCCCCOc1ccc(C(=O)Oc2ccc(C(=O)Oc3cccc(OC(=O)c4ccc(N=Cc5ccc(OCCCCCC(=O)O[C@H]6CC[C@@]7(C)C(=CC[C@H]8[C@@H]9CC[C@H]([C@H](C)CCCC(C)C)[C@@]9(C)CC[C@@H]87)C6)cc5)cc4)c3)cc2)cc1. The molecule has 470 valence electrons. The Balaban J connectivity index is 0.629. The number of carbonyl (C=O) groups excluding carboxylic acids is 4. The third-order valence-electron chi connectivity index (χ3n) is 20.1. The van der Waals surface area contributed by atoms with E-state index in [0.29, 0.717) is 47.6 Å². The van der Waals surface area contributed by atoms with E-state index < -0.39 is 17.9 Å². The van der Waals surface area contributed by atoms with E-state index in [1.54, 1.807) is 78.5 Å². The molecule has 0 heterocycles. The number of nitrogens with zero attached hydrogens (tertiary/aromatic N) is 1. The average molecular weight is 1200 g/mol. The summed E-state index contributed by atoms with van der Waals surface area (Å²) >= 11 is 0. The van der Waals surface area contributed by atoms with Gasteiger partial charge in [0, 0.05) is 25.1 Å². The van der Waals surface area contributed by atoms with Crippen LogP contribution in [0.3, 0.4) is 0 Å². The van der Waals surface area contributed by atoms with Gasteiger partial charge in [-0.25, -0.2) is 14.4 Å². The van der Waals surface area contributed by atoms with Gasteiger partial charge in [-0.15, -0.1) is 0 Å². The van der Waals surface area contributed by atoms with Crippen LogP contribution in [0.2, 0.25) is 0 Å². The maximum Gasteiger partial charge on any atom is 0.343 e. The highest BCUT2D eigenvalue weighted by molar-refractivity contribution is 5.93. The van der Waals surface area contributed by atoms with Crippen molar-refractivity contribution in [2.45, 2.75) is 195 Å². The third kappa shape index (κ3) is 17.9. The van der Waals surface area contributed by atoms with Gasteiger partial charge < -0.3 is 28.4 Å². The van der Waals surface area contributed by atoms with Crippen LogP contribution in [0.25, 0.3) is 0 Å². The number of carbonyl (C=O) groups is 4. The molecule has 0 N–H and O–H groups in total. The van der Waals surface area contributed by atoms with Crippen molar-refractivity contribution >= 4 is 35.8 Å². The van der Waals surface area contributed by atoms with Gasteiger partial charge in [0.15, 0.2) is 0 Å². The molecule has 3 fully saturated rings. The van der Waals surface area contributed by atoms with Crippen molar-refractivity contribution in [3.63, 3.8) is 0 Å². The Kier molecular flexibility index (Phi) is 23.8. The second kappa shape index (κ2) is 31.9. The first kappa shape index (κ1) is 65.4. The Morgan fingerprint density at radius 1 is 0.568 bits per heavy atom. The van der Waals surface area contributed by atoms with Gasteiger partial charge in [0.1, 0.15) is 34.9 Å². The van der Waals surface area contributed by atoms with Crippen LogP contribution >= 0.6 is 0 Å². The zero-order valence-electron chi connectivity index (χ0n) is 53.5. The monoisotopic (exact) mass is 1200 g/mol. The Labute approximate surface area is 524 Å². The molecule has 0 aliphatic heterocycles. The van der Waals surface area contributed by atoms with E-state index in [1.807, 2.05) is 24.3 Å². The number of esters is 4. The standard InChI is InChI=1S/C77H97NO10/c1-7-8-9-10-11-12-13-16-49-84-63-38-29-58(30-39-63)73(80)86-64-40-31-59(32-41-64)75(82)88-66-23-19-22-65(52-66)87-74(81)57-27-34-61(35-28-57)78-53-56-25-36-62(37-26-56)83-50-17-14-15-24-72(79)85-67-45-47-76(5)60(51-67)33-42-68-70-44-43-69(55(4)21-18-20-54(2)3)77(70,6)48-46-71(68)76/h19,22-23,25-41,52-55,67-71H,7-18,20-21,24,42-51H2,1-6H3/t55-,67+,68+,69-,70+,71+,76+,77-/m1/s1. The van der Waals surface area contributed by atoms with Crippen molar-refractivity contribution in [2.24, 2.45) is 51.3 Å². The lowest BCUT2D eigenvalue weighted by molar-refractivity contribution is -0.151. The molecule has 8 atom stereocenters. The summed E-state index contributed by atoms with van der Waals surface area (Å²) in [6, 6.07) is 33.7. The largest absolute Gasteiger partial charge is 0.494 e. The van der Waals surface area contributed by atoms with E-state index >= 15 is 0 Å². The first-order valence-corrected chi connectivity index (χ1v) is 33.5. The molecule has 5 aromatic rings. The van der Waals surface area contributed by atoms with Crippen LogP contribution in [0.4, 0.5) is 5.69 Å². The lowest BCUT2D eigenvalue weighted by Gasteiger charge is -2.58. The van der Waals surface area contributed by atoms with Gasteiger partial charge in [-0.1, -0.05) is 123 Å². The Morgan fingerprint density at radius 2 is 1.12 bits per heavy atom. The number of allylic oxidation sites excluding steroid dienone is 1. The average Bonchev–Trinajstić information content (AvgIpc) is 1.38. The molecule has 0 amide bonds. The van der Waals surface area contributed by atoms with Gasteiger partial charge in [0.2, 0.25) is 0 Å². The lowest BCUT2D eigenvalue weighted by atomic mass is 9.47. The third-order valence-corrected chi connectivity index (χ3v) is 20.1. The maximum absolute atomic E-state index is 13.1. The minimum atomic E-state index is -0.640. The zero-order chi connectivity index (χ0) is 61.9. The fraction of sp³-hybridized carbons (Fsp3) is 0.519. The molecule has 3 saturated carbocycles. The zero-order valence-corrected chi connectivity index (χ0v) is 53.5. The number of unbranched alkanes of at least 4 members (excludes halogenated alkanes) is 9. The number of hydrogen-bond donors (Lipinski definition) is 0. The molecule has 0 unspecified atom stereocenters. The first-order chi connectivity index (χ1) is 42.7. The topological polar surface area (TPSA) is 136 Å². The molecule has 5 aromatic carbocycles. The number of ether oxygens (including phenoxy) is 6. The van der Waals surface area contributed by atoms with Gasteiger partial charge in [-0.3, -0.25) is 9.79 Å². The molecule has 9 rings (SSSR count). The number of fused-ring (bicyclic) bond motifs is 5. The number of hydrogen-bond acceptors (Lipinski definition) is 11. The smallest absolute Gasteiger partial charge is 0.343 e. The summed E-state index contributed by atoms with van der Waals surface area (Å²) in [6.45, 7) is 16.0. The van der Waals surface area contributed by atoms with Crippen LogP contribution in [0.1, 0.15) is 226 Å². The van der Waals surface area contributed by atoms with Crippen molar-refractivity contribution in [1.82, 2.24) is 0 Å². The highest BCUT2D eigenvalue weighted by Crippen LogP contribution is 2.67. The van der Waals surface area contributed by atoms with E-state index in [4.69, 9.17) is 28.4 Å². The van der Waals surface area contributed by atoms with Gasteiger partial charge in [0.05, 0.1) is 35.6 Å². The quantitative estimate of drug-likeness (QED) is 0.0139. The second-order valence-corrected chi connectivity index (χ2v) is 26.7. The van der Waals surface area contributed by atoms with Gasteiger partial charge in [-0.2, -0.15) is 0 Å². The normalized spacial score (nSPS) is 22.4. The molecule has 0 radical (unpaired) electrons. The fourth-order valence-corrected chi connectivity index (χ4v) is 15.1. The molecular formula is C77H97NO10. The molecule has 11 heteroatoms. The van der Waals surface area contributed by atoms with Crippen molar-refractivity contribution in [1.29, 1.82) is 0 Å². The molecule has 0 saturated heterocycles. The number of aliphatic imine (C=N–C) groups is 1. The van der Waals surface area contributed by atoms with Crippen LogP contribution in [-0.4, -0.2) is 49.4 Å². The fourth-order valence-electron chi connectivity index (χ4n) is 15.1. The van der Waals surface area contributed by atoms with Crippen LogP contribution in [0.15, 0.2) is 138 Å². The Morgan fingerprint density at radius 3 is 1.74 bits per heavy atom. The summed E-state index contributed by atoms with van der Waals surface area (Å²) < 4.78 is 34.8. The molecule has 0 spiro atoms. The van der Waals surface area contributed by atoms with Crippen LogP contribution in [0.5, 0.6) is 28.7 Å². The molecule has 4 aliphatic rings. The van der Waals surface area contributed by atoms with E-state index in [0.717, 1.165) is 98.2 Å². The predicted octanol–water partition coefficient (Wildman–Crippen LogP) is 19.5. The summed E-state index contributed by atoms with van der Waals surface area (Å²) in [7, 11) is 0. The molecular weight excluding hydrogens is 1100 g/mol. The first-order valence-electron chi connectivity index (χ1n) is 33.5. The summed E-state index contributed by atoms with van der Waals surface area (Å²) in [6.07, 6.45) is 31.1. The number of benzene rings is 5. The lowest BCUT2D eigenvalue weighted by Crippen LogP contribution is -2.51. The van der Waals surface area contributed by atoms with Crippen molar-refractivity contribution in [2.75, 3.05) is 13.2 Å². The van der Waals surface area contributed by atoms with Crippen LogP contribution in [0, 0.1) is 46.3 Å². The highest BCUT2D eigenvalue weighted by Gasteiger charge is 2.59. The summed E-state index contributed by atoms with van der Waals surface area (Å²) in [5, 5.41) is 0. The van der Waals surface area contributed by atoms with Crippen molar-refractivity contribution < 1.29 is 47.6 Å². The molecule has 0 bridgehead atoms. The molecule has 11 nitrogen and oxygen atoms in total. The van der Waals surface area contributed by atoms with Crippen LogP contribution < -0.4 is 23.7 Å². The second-order valence-electron chi connectivity index (χ2n) is 26.7. The molecule has 88 heavy (non-hydrogen) atoms. The van der Waals surface area contributed by atoms with Gasteiger partial charge >= 0.3 is 23.9 Å². The van der Waals surface area contributed by atoms with E-state index in [-0.39, 0.29) is 40.3 Å². The van der Waals surface area contributed by atoms with Crippen LogP contribution in [-0.2, 0) is 9.53 Å². The minimum Gasteiger partial charge on any atom is -0.494 e. The maximum atomic E-state index is 13.1. The summed E-state index contributed by atoms with van der Waals surface area (Å²) in [5.74, 6) is 5.25. The van der Waals surface area contributed by atoms with Gasteiger partial charge in [-0.05, 0) is 232 Å².